The van der Waals surface area contributed by atoms with Gasteiger partial charge in [-0.2, -0.15) is 5.26 Å². The van der Waals surface area contributed by atoms with Gasteiger partial charge in [-0.15, -0.1) is 0 Å². The molecule has 1 aromatic carbocycles. The summed E-state index contributed by atoms with van der Waals surface area (Å²) in [6.45, 7) is 2.19. The molecule has 1 aromatic heterocycles. The maximum Gasteiger partial charge on any atom is 0.210 e. The van der Waals surface area contributed by atoms with Crippen molar-refractivity contribution in [3.63, 3.8) is 0 Å². The van der Waals surface area contributed by atoms with E-state index < -0.39 is 0 Å². The molecule has 0 aliphatic heterocycles. The van der Waals surface area contributed by atoms with Crippen LogP contribution in [0, 0.1) is 11.3 Å². The fourth-order valence-corrected chi connectivity index (χ4v) is 2.52. The molecule has 0 spiro atoms. The topological polar surface area (TPSA) is 52.5 Å². The van der Waals surface area contributed by atoms with Gasteiger partial charge in [-0.3, -0.25) is 0 Å². The Bertz CT molecular complexity index is 566. The summed E-state index contributed by atoms with van der Waals surface area (Å²) in [6, 6.07) is 10.5. The van der Waals surface area contributed by atoms with Gasteiger partial charge in [0.2, 0.25) is 5.82 Å². The number of rotatable bonds is 5. The fourth-order valence-electron chi connectivity index (χ4n) is 2.26. The molecule has 0 radical (unpaired) electrons. The van der Waals surface area contributed by atoms with Crippen molar-refractivity contribution in [2.75, 3.05) is 0 Å². The number of nitrogens with one attached hydrogen (secondary N) is 1. The van der Waals surface area contributed by atoms with Gasteiger partial charge in [0.25, 0.3) is 0 Å². The van der Waals surface area contributed by atoms with E-state index in [-0.39, 0.29) is 0 Å². The molecule has 98 valence electrons. The number of nitriles is 1. The molecule has 0 fully saturated rings. The van der Waals surface area contributed by atoms with Crippen LogP contribution in [-0.2, 0) is 6.42 Å². The summed E-state index contributed by atoms with van der Waals surface area (Å²) in [5.41, 5.74) is 2.36. The van der Waals surface area contributed by atoms with Gasteiger partial charge in [0.1, 0.15) is 6.07 Å². The Morgan fingerprint density at radius 3 is 2.68 bits per heavy atom. The average molecular weight is 318 g/mol. The Balaban J connectivity index is 2.16. The first-order valence-electron chi connectivity index (χ1n) is 6.42. The van der Waals surface area contributed by atoms with Crippen molar-refractivity contribution in [2.24, 2.45) is 0 Å². The Kier molecular flexibility index (Phi) is 4.75. The van der Waals surface area contributed by atoms with Gasteiger partial charge in [0.05, 0.1) is 0 Å². The van der Waals surface area contributed by atoms with Crippen molar-refractivity contribution in [3.8, 4) is 6.07 Å². The van der Waals surface area contributed by atoms with Crippen LogP contribution in [0.1, 0.15) is 42.8 Å². The Labute approximate surface area is 121 Å². The molecule has 2 rings (SSSR count). The van der Waals surface area contributed by atoms with E-state index in [0.717, 1.165) is 29.4 Å². The molecule has 4 heteroatoms. The van der Waals surface area contributed by atoms with Crippen LogP contribution < -0.4 is 0 Å². The van der Waals surface area contributed by atoms with Gasteiger partial charge in [-0.25, -0.2) is 4.98 Å². The van der Waals surface area contributed by atoms with Crippen molar-refractivity contribution in [1.82, 2.24) is 9.97 Å². The Morgan fingerprint density at radius 2 is 2.11 bits per heavy atom. The van der Waals surface area contributed by atoms with Gasteiger partial charge in [0, 0.05) is 16.4 Å². The first kappa shape index (κ1) is 13.8. The Hall–Kier alpha value is -1.60. The third kappa shape index (κ3) is 3.68. The van der Waals surface area contributed by atoms with Crippen molar-refractivity contribution in [3.05, 3.63) is 52.0 Å². The lowest BCUT2D eigenvalue weighted by Crippen LogP contribution is -2.03. The van der Waals surface area contributed by atoms with E-state index in [4.69, 9.17) is 5.26 Å². The summed E-state index contributed by atoms with van der Waals surface area (Å²) < 4.78 is 1.10. The van der Waals surface area contributed by atoms with Gasteiger partial charge in [-0.05, 0) is 36.5 Å². The van der Waals surface area contributed by atoms with Crippen LogP contribution in [0.2, 0.25) is 0 Å². The van der Waals surface area contributed by atoms with Crippen LogP contribution in [0.3, 0.4) is 0 Å². The molecule has 0 saturated carbocycles. The maximum absolute atomic E-state index is 8.79. The van der Waals surface area contributed by atoms with Gasteiger partial charge in [-0.1, -0.05) is 41.4 Å². The molecule has 1 N–H and O–H groups in total. The zero-order chi connectivity index (χ0) is 13.7. The zero-order valence-corrected chi connectivity index (χ0v) is 12.4. The molecule has 1 heterocycles. The highest BCUT2D eigenvalue weighted by atomic mass is 79.9. The molecule has 1 atom stereocenters. The maximum atomic E-state index is 8.79. The number of hydrogen-bond acceptors (Lipinski definition) is 2. The van der Waals surface area contributed by atoms with Crippen LogP contribution in [0.15, 0.2) is 34.9 Å². The third-order valence-electron chi connectivity index (χ3n) is 3.18. The number of halogens is 1. The lowest BCUT2D eigenvalue weighted by Gasteiger charge is -2.15. The van der Waals surface area contributed by atoms with E-state index >= 15 is 0 Å². The number of aromatic nitrogens is 2. The highest BCUT2D eigenvalue weighted by Gasteiger charge is 2.13. The van der Waals surface area contributed by atoms with E-state index in [1.807, 2.05) is 6.07 Å². The van der Waals surface area contributed by atoms with Crippen molar-refractivity contribution < 1.29 is 0 Å². The second-order valence-corrected chi connectivity index (χ2v) is 5.53. The normalized spacial score (nSPS) is 12.1. The van der Waals surface area contributed by atoms with E-state index in [9.17, 15) is 0 Å². The summed E-state index contributed by atoms with van der Waals surface area (Å²) in [6.07, 6.45) is 4.92. The van der Waals surface area contributed by atoms with Gasteiger partial charge in [0.15, 0.2) is 0 Å². The Morgan fingerprint density at radius 1 is 1.37 bits per heavy atom. The largest absolute Gasteiger partial charge is 0.333 e. The summed E-state index contributed by atoms with van der Waals surface area (Å²) >= 11 is 3.46. The number of aromatic amines is 1. The molecular formula is C15H16BrN3. The highest BCUT2D eigenvalue weighted by Crippen LogP contribution is 2.26. The fraction of sp³-hybridized carbons (Fsp3) is 0.333. The van der Waals surface area contributed by atoms with Crippen LogP contribution in [0.4, 0.5) is 0 Å². The van der Waals surface area contributed by atoms with E-state index in [1.54, 1.807) is 6.20 Å². The predicted octanol–water partition coefficient (Wildman–Crippen LogP) is 4.17. The average Bonchev–Trinajstić information content (AvgIpc) is 2.87. The molecule has 3 nitrogen and oxygen atoms in total. The third-order valence-corrected chi connectivity index (χ3v) is 3.71. The van der Waals surface area contributed by atoms with Gasteiger partial charge >= 0.3 is 0 Å². The molecule has 0 saturated heterocycles. The molecular weight excluding hydrogens is 302 g/mol. The monoisotopic (exact) mass is 317 g/mol. The molecule has 0 amide bonds. The zero-order valence-electron chi connectivity index (χ0n) is 10.9. The van der Waals surface area contributed by atoms with E-state index in [2.05, 4.69) is 57.1 Å². The first-order chi connectivity index (χ1) is 9.22. The van der Waals surface area contributed by atoms with E-state index in [0.29, 0.717) is 11.7 Å². The second-order valence-electron chi connectivity index (χ2n) is 4.61. The SMILES string of the molecule is CCCC(Cc1cnc(C#N)[nH]1)c1ccc(Br)cc1. The number of benzene rings is 1. The minimum atomic E-state index is 0.390. The van der Waals surface area contributed by atoms with Crippen molar-refractivity contribution >= 4 is 15.9 Å². The molecule has 0 bridgehead atoms. The van der Waals surface area contributed by atoms with Crippen LogP contribution >= 0.6 is 15.9 Å². The van der Waals surface area contributed by atoms with Gasteiger partial charge < -0.3 is 4.98 Å². The van der Waals surface area contributed by atoms with Crippen LogP contribution in [0.5, 0.6) is 0 Å². The number of hydrogen-bond donors (Lipinski definition) is 1. The highest BCUT2D eigenvalue weighted by molar-refractivity contribution is 9.10. The van der Waals surface area contributed by atoms with Crippen LogP contribution in [-0.4, -0.2) is 9.97 Å². The molecule has 19 heavy (non-hydrogen) atoms. The quantitative estimate of drug-likeness (QED) is 0.899. The lowest BCUT2D eigenvalue weighted by molar-refractivity contribution is 0.604. The number of H-pyrrole nitrogens is 1. The van der Waals surface area contributed by atoms with Crippen molar-refractivity contribution in [1.29, 1.82) is 5.26 Å². The minimum Gasteiger partial charge on any atom is -0.333 e. The number of imidazole rings is 1. The summed E-state index contributed by atoms with van der Waals surface area (Å²) in [7, 11) is 0. The minimum absolute atomic E-state index is 0.390. The van der Waals surface area contributed by atoms with E-state index in [1.165, 1.54) is 5.56 Å². The smallest absolute Gasteiger partial charge is 0.210 e. The predicted molar refractivity (Wildman–Crippen MR) is 78.8 cm³/mol. The second kappa shape index (κ2) is 6.53. The summed E-state index contributed by atoms with van der Waals surface area (Å²) in [5, 5.41) is 8.79. The number of nitrogens with zero attached hydrogens (tertiary/aromatic N) is 2. The van der Waals surface area contributed by atoms with Crippen LogP contribution in [0.25, 0.3) is 0 Å². The first-order valence-corrected chi connectivity index (χ1v) is 7.21. The summed E-state index contributed by atoms with van der Waals surface area (Å²) in [4.78, 5) is 7.08. The molecule has 0 aliphatic carbocycles. The standard InChI is InChI=1S/C15H16BrN3/c1-2-3-12(11-4-6-13(16)7-5-11)8-14-10-18-15(9-17)19-14/h4-7,10,12H,2-3,8H2,1H3,(H,18,19). The molecule has 1 unspecified atom stereocenters. The lowest BCUT2D eigenvalue weighted by atomic mass is 9.90. The van der Waals surface area contributed by atoms with Crippen molar-refractivity contribution in [2.45, 2.75) is 32.1 Å². The molecule has 2 aromatic rings. The molecule has 0 aliphatic rings. The summed E-state index contributed by atoms with van der Waals surface area (Å²) in [5.74, 6) is 0.853.